The van der Waals surface area contributed by atoms with Crippen molar-refractivity contribution in [3.63, 3.8) is 0 Å². The van der Waals surface area contributed by atoms with Crippen LogP contribution in [0.1, 0.15) is 42.1 Å². The lowest BCUT2D eigenvalue weighted by atomic mass is 10.1. The minimum absolute atomic E-state index is 0. The van der Waals surface area contributed by atoms with Crippen LogP contribution in [-0.2, 0) is 6.54 Å². The molecular weight excluding hydrogens is 489 g/mol. The first-order valence-corrected chi connectivity index (χ1v) is 10.5. The second-order valence-electron chi connectivity index (χ2n) is 7.82. The van der Waals surface area contributed by atoms with Gasteiger partial charge in [-0.15, -0.1) is 24.0 Å². The summed E-state index contributed by atoms with van der Waals surface area (Å²) < 4.78 is 0. The zero-order valence-electron chi connectivity index (χ0n) is 18.4. The van der Waals surface area contributed by atoms with Crippen LogP contribution in [0.25, 0.3) is 0 Å². The molecule has 30 heavy (non-hydrogen) atoms. The highest BCUT2D eigenvalue weighted by Crippen LogP contribution is 2.23. The Kier molecular flexibility index (Phi) is 9.20. The van der Waals surface area contributed by atoms with Gasteiger partial charge in [0, 0.05) is 31.4 Å². The Labute approximate surface area is 197 Å². The van der Waals surface area contributed by atoms with Crippen molar-refractivity contribution in [1.82, 2.24) is 15.6 Å². The van der Waals surface area contributed by atoms with Gasteiger partial charge < -0.3 is 20.6 Å². The van der Waals surface area contributed by atoms with Gasteiger partial charge in [-0.25, -0.2) is 9.98 Å². The molecule has 2 heterocycles. The molecule has 0 atom stereocenters. The van der Waals surface area contributed by atoms with Crippen molar-refractivity contribution in [2.24, 2.45) is 4.99 Å². The lowest BCUT2D eigenvalue weighted by Crippen LogP contribution is -2.48. The lowest BCUT2D eigenvalue weighted by molar-refractivity contribution is 0.459. The van der Waals surface area contributed by atoms with E-state index in [1.807, 2.05) is 39.0 Å². The van der Waals surface area contributed by atoms with E-state index in [1.54, 1.807) is 0 Å². The molecule has 0 saturated carbocycles. The highest BCUT2D eigenvalue weighted by atomic mass is 127. The molecule has 1 aliphatic heterocycles. The van der Waals surface area contributed by atoms with Crippen molar-refractivity contribution in [1.29, 1.82) is 0 Å². The number of hydrogen-bond acceptors (Lipinski definition) is 4. The molecule has 3 N–H and O–H groups in total. The zero-order valence-corrected chi connectivity index (χ0v) is 20.7. The van der Waals surface area contributed by atoms with Crippen molar-refractivity contribution in [3.05, 3.63) is 52.7 Å². The Hall–Kier alpha value is -2.03. The summed E-state index contributed by atoms with van der Waals surface area (Å²) in [7, 11) is 0. The molecule has 7 heteroatoms. The molecule has 0 unspecified atom stereocenters. The third-order valence-electron chi connectivity index (χ3n) is 5.35. The average Bonchev–Trinajstić information content (AvgIpc) is 2.71. The number of phenolic OH excluding ortho intramolecular Hbond substituents is 1. The predicted octanol–water partition coefficient (Wildman–Crippen LogP) is 4.05. The minimum atomic E-state index is 0. The van der Waals surface area contributed by atoms with E-state index in [-0.39, 0.29) is 24.0 Å². The van der Waals surface area contributed by atoms with Gasteiger partial charge in [0.25, 0.3) is 0 Å². The molecule has 3 rings (SSSR count). The summed E-state index contributed by atoms with van der Waals surface area (Å²) in [6, 6.07) is 10.6. The SMILES string of the molecule is CCNC(=NCc1cc(C)c(O)c(C)c1)NC1CCN(c2cccc(C)n2)CC1.I. The summed E-state index contributed by atoms with van der Waals surface area (Å²) in [5.74, 6) is 2.29. The number of aromatic hydroxyl groups is 1. The average molecular weight is 523 g/mol. The Balaban J connectivity index is 0.00000320. The predicted molar refractivity (Wildman–Crippen MR) is 135 cm³/mol. The van der Waals surface area contributed by atoms with Crippen LogP contribution in [0.3, 0.4) is 0 Å². The number of benzene rings is 1. The molecule has 0 radical (unpaired) electrons. The van der Waals surface area contributed by atoms with E-state index in [1.165, 1.54) is 0 Å². The van der Waals surface area contributed by atoms with Crippen molar-refractivity contribution in [2.45, 2.75) is 53.1 Å². The number of anilines is 1. The molecular formula is C23H34IN5O. The maximum Gasteiger partial charge on any atom is 0.191 e. The Morgan fingerprint density at radius 2 is 1.83 bits per heavy atom. The van der Waals surface area contributed by atoms with Crippen LogP contribution in [0, 0.1) is 20.8 Å². The molecule has 1 aromatic carbocycles. The fraction of sp³-hybridized carbons (Fsp3) is 0.478. The molecule has 0 bridgehead atoms. The number of pyridine rings is 1. The molecule has 164 valence electrons. The normalized spacial score (nSPS) is 14.9. The van der Waals surface area contributed by atoms with E-state index >= 15 is 0 Å². The largest absolute Gasteiger partial charge is 0.507 e. The van der Waals surface area contributed by atoms with E-state index in [2.05, 4.69) is 39.6 Å². The van der Waals surface area contributed by atoms with Crippen LogP contribution >= 0.6 is 24.0 Å². The number of aromatic nitrogens is 1. The van der Waals surface area contributed by atoms with Crippen molar-refractivity contribution in [3.8, 4) is 5.75 Å². The number of nitrogens with one attached hydrogen (secondary N) is 2. The zero-order chi connectivity index (χ0) is 20.8. The number of guanidine groups is 1. The third-order valence-corrected chi connectivity index (χ3v) is 5.35. The second kappa shape index (κ2) is 11.4. The summed E-state index contributed by atoms with van der Waals surface area (Å²) in [4.78, 5) is 11.8. The summed E-state index contributed by atoms with van der Waals surface area (Å²) in [5.41, 5.74) is 3.95. The van der Waals surface area contributed by atoms with Gasteiger partial charge in [-0.2, -0.15) is 0 Å². The van der Waals surface area contributed by atoms with E-state index in [9.17, 15) is 5.11 Å². The first-order chi connectivity index (χ1) is 14.0. The summed E-state index contributed by atoms with van der Waals surface area (Å²) in [6.45, 7) is 11.4. The number of rotatable bonds is 5. The minimum Gasteiger partial charge on any atom is -0.507 e. The lowest BCUT2D eigenvalue weighted by Gasteiger charge is -2.34. The van der Waals surface area contributed by atoms with E-state index in [4.69, 9.17) is 4.99 Å². The molecule has 0 amide bonds. The van der Waals surface area contributed by atoms with Crippen LogP contribution in [0.2, 0.25) is 0 Å². The summed E-state index contributed by atoms with van der Waals surface area (Å²) in [5, 5.41) is 16.9. The van der Waals surface area contributed by atoms with Crippen molar-refractivity contribution >= 4 is 35.8 Å². The molecule has 0 aliphatic carbocycles. The monoisotopic (exact) mass is 523 g/mol. The summed E-state index contributed by atoms with van der Waals surface area (Å²) >= 11 is 0. The molecule has 6 nitrogen and oxygen atoms in total. The maximum atomic E-state index is 9.96. The number of aliphatic imine (C=N–C) groups is 1. The van der Waals surface area contributed by atoms with Crippen LogP contribution in [-0.4, -0.2) is 41.7 Å². The molecule has 1 fully saturated rings. The van der Waals surface area contributed by atoms with Gasteiger partial charge in [0.2, 0.25) is 0 Å². The van der Waals surface area contributed by atoms with Crippen LogP contribution in [0.15, 0.2) is 35.3 Å². The molecule has 1 aliphatic rings. The number of piperidine rings is 1. The fourth-order valence-electron chi connectivity index (χ4n) is 3.78. The van der Waals surface area contributed by atoms with Gasteiger partial charge >= 0.3 is 0 Å². The van der Waals surface area contributed by atoms with Gasteiger partial charge in [-0.3, -0.25) is 0 Å². The van der Waals surface area contributed by atoms with Crippen LogP contribution < -0.4 is 15.5 Å². The Bertz CT molecular complexity index is 839. The number of halogens is 1. The highest BCUT2D eigenvalue weighted by Gasteiger charge is 2.21. The maximum absolute atomic E-state index is 9.96. The second-order valence-corrected chi connectivity index (χ2v) is 7.82. The summed E-state index contributed by atoms with van der Waals surface area (Å²) in [6.07, 6.45) is 2.11. The number of hydrogen-bond donors (Lipinski definition) is 3. The third kappa shape index (κ3) is 6.48. The highest BCUT2D eigenvalue weighted by molar-refractivity contribution is 14.0. The molecule has 0 spiro atoms. The molecule has 1 aromatic heterocycles. The first kappa shape index (κ1) is 24.2. The van der Waals surface area contributed by atoms with Crippen LogP contribution in [0.5, 0.6) is 5.75 Å². The topological polar surface area (TPSA) is 72.8 Å². The van der Waals surface area contributed by atoms with Crippen LogP contribution in [0.4, 0.5) is 5.82 Å². The van der Waals surface area contributed by atoms with E-state index in [0.717, 1.165) is 66.6 Å². The number of phenols is 1. The van der Waals surface area contributed by atoms with Gasteiger partial charge in [-0.05, 0) is 69.4 Å². The smallest absolute Gasteiger partial charge is 0.191 e. The van der Waals surface area contributed by atoms with Gasteiger partial charge in [0.1, 0.15) is 11.6 Å². The van der Waals surface area contributed by atoms with E-state index in [0.29, 0.717) is 18.3 Å². The number of aryl methyl sites for hydroxylation is 3. The van der Waals surface area contributed by atoms with Gasteiger partial charge in [0.15, 0.2) is 5.96 Å². The van der Waals surface area contributed by atoms with Crippen molar-refractivity contribution < 1.29 is 5.11 Å². The van der Waals surface area contributed by atoms with Gasteiger partial charge in [0.05, 0.1) is 6.54 Å². The van der Waals surface area contributed by atoms with E-state index < -0.39 is 0 Å². The quantitative estimate of drug-likeness (QED) is 0.313. The van der Waals surface area contributed by atoms with Gasteiger partial charge in [-0.1, -0.05) is 18.2 Å². The Morgan fingerprint density at radius 1 is 1.17 bits per heavy atom. The number of nitrogens with zero attached hydrogens (tertiary/aromatic N) is 3. The van der Waals surface area contributed by atoms with Crippen molar-refractivity contribution in [2.75, 3.05) is 24.5 Å². The first-order valence-electron chi connectivity index (χ1n) is 10.5. The molecule has 2 aromatic rings. The molecule has 1 saturated heterocycles. The Morgan fingerprint density at radius 3 is 2.43 bits per heavy atom. The standard InChI is InChI=1S/C23H33N5O.HI/c1-5-24-23(25-15-19-13-16(2)22(29)17(3)14-19)27-20-9-11-28(12-10-20)21-8-6-7-18(4)26-21;/h6-8,13-14,20,29H,5,9-12,15H2,1-4H3,(H2,24,25,27);1H. The fourth-order valence-corrected chi connectivity index (χ4v) is 3.78.